The highest BCUT2D eigenvalue weighted by Crippen LogP contribution is 2.35. The molecule has 0 fully saturated rings. The van der Waals surface area contributed by atoms with Gasteiger partial charge in [-0.15, -0.1) is 6.58 Å². The van der Waals surface area contributed by atoms with Gasteiger partial charge < -0.3 is 18.6 Å². The van der Waals surface area contributed by atoms with Crippen molar-refractivity contribution in [3.05, 3.63) is 101 Å². The smallest absolute Gasteiger partial charge is 0.307 e. The fourth-order valence-corrected chi connectivity index (χ4v) is 4.06. The molecule has 0 aliphatic rings. The predicted octanol–water partition coefficient (Wildman–Crippen LogP) is 6.96. The molecule has 0 saturated carbocycles. The SMILES string of the molecule is C=CCc1cc(/C=N/NC(=O)c2cc3cc(OCC)ccc3o2)cc(OCC)c1OCc1ccccc1Cl. The number of rotatable bonds is 12. The van der Waals surface area contributed by atoms with E-state index in [0.29, 0.717) is 47.5 Å². The molecule has 3 aromatic carbocycles. The van der Waals surface area contributed by atoms with Crippen LogP contribution in [0.4, 0.5) is 0 Å². The summed E-state index contributed by atoms with van der Waals surface area (Å²) >= 11 is 6.30. The summed E-state index contributed by atoms with van der Waals surface area (Å²) < 4.78 is 23.2. The minimum Gasteiger partial charge on any atom is -0.494 e. The number of fused-ring (bicyclic) bond motifs is 1. The lowest BCUT2D eigenvalue weighted by Gasteiger charge is -2.17. The van der Waals surface area contributed by atoms with Crippen molar-refractivity contribution >= 4 is 34.7 Å². The van der Waals surface area contributed by atoms with Crippen molar-refractivity contribution in [2.75, 3.05) is 13.2 Å². The monoisotopic (exact) mass is 532 g/mol. The van der Waals surface area contributed by atoms with Crippen molar-refractivity contribution in [1.29, 1.82) is 0 Å². The van der Waals surface area contributed by atoms with Gasteiger partial charge in [-0.3, -0.25) is 4.79 Å². The number of hydrogen-bond donors (Lipinski definition) is 1. The summed E-state index contributed by atoms with van der Waals surface area (Å²) in [5, 5.41) is 5.53. The molecule has 4 aromatic rings. The lowest BCUT2D eigenvalue weighted by atomic mass is 10.1. The van der Waals surface area contributed by atoms with Crippen molar-refractivity contribution in [2.24, 2.45) is 5.10 Å². The second-order valence-corrected chi connectivity index (χ2v) is 8.66. The first-order valence-electron chi connectivity index (χ1n) is 12.3. The maximum absolute atomic E-state index is 12.6. The van der Waals surface area contributed by atoms with Crippen molar-refractivity contribution < 1.29 is 23.4 Å². The van der Waals surface area contributed by atoms with E-state index < -0.39 is 5.91 Å². The number of carbonyl (C=O) groups is 1. The molecule has 1 aromatic heterocycles. The van der Waals surface area contributed by atoms with E-state index in [4.69, 9.17) is 30.2 Å². The number of allylic oxidation sites excluding steroid dienone is 1. The van der Waals surface area contributed by atoms with Crippen molar-refractivity contribution in [2.45, 2.75) is 26.9 Å². The Bertz CT molecular complexity index is 1460. The highest BCUT2D eigenvalue weighted by atomic mass is 35.5. The number of carbonyl (C=O) groups excluding carboxylic acids is 1. The summed E-state index contributed by atoms with van der Waals surface area (Å²) in [6.45, 7) is 8.96. The Labute approximate surface area is 226 Å². The van der Waals surface area contributed by atoms with Crippen LogP contribution in [0.5, 0.6) is 17.2 Å². The highest BCUT2D eigenvalue weighted by molar-refractivity contribution is 6.31. The van der Waals surface area contributed by atoms with E-state index in [9.17, 15) is 4.79 Å². The Morgan fingerprint density at radius 2 is 1.84 bits per heavy atom. The Morgan fingerprint density at radius 1 is 1.03 bits per heavy atom. The Kier molecular flexibility index (Phi) is 9.06. The summed E-state index contributed by atoms with van der Waals surface area (Å²) in [5.41, 5.74) is 5.57. The molecular formula is C30H29ClN2O5. The summed E-state index contributed by atoms with van der Waals surface area (Å²) in [6, 6.07) is 18.3. The van der Waals surface area contributed by atoms with E-state index in [1.807, 2.05) is 56.3 Å². The molecule has 196 valence electrons. The number of hydrazone groups is 1. The van der Waals surface area contributed by atoms with E-state index in [2.05, 4.69) is 17.1 Å². The van der Waals surface area contributed by atoms with Gasteiger partial charge in [-0.1, -0.05) is 35.9 Å². The summed E-state index contributed by atoms with van der Waals surface area (Å²) in [4.78, 5) is 12.6. The topological polar surface area (TPSA) is 82.3 Å². The average molecular weight is 533 g/mol. The van der Waals surface area contributed by atoms with Crippen LogP contribution in [0.1, 0.15) is 41.1 Å². The fraction of sp³-hybridized carbons (Fsp3) is 0.200. The average Bonchev–Trinajstić information content (AvgIpc) is 3.33. The first-order chi connectivity index (χ1) is 18.5. The van der Waals surface area contributed by atoms with Gasteiger partial charge in [0.25, 0.3) is 0 Å². The molecule has 0 radical (unpaired) electrons. The third kappa shape index (κ3) is 6.55. The molecule has 0 aliphatic heterocycles. The van der Waals surface area contributed by atoms with Gasteiger partial charge in [0.05, 0.1) is 19.4 Å². The van der Waals surface area contributed by atoms with Crippen LogP contribution in [0, 0.1) is 0 Å². The number of ether oxygens (including phenoxy) is 3. The highest BCUT2D eigenvalue weighted by Gasteiger charge is 2.15. The zero-order chi connectivity index (χ0) is 26.9. The van der Waals surface area contributed by atoms with Gasteiger partial charge in [0.2, 0.25) is 0 Å². The molecule has 0 saturated heterocycles. The van der Waals surface area contributed by atoms with Crippen LogP contribution in [0.25, 0.3) is 11.0 Å². The van der Waals surface area contributed by atoms with E-state index in [-0.39, 0.29) is 12.4 Å². The van der Waals surface area contributed by atoms with Crippen LogP contribution in [0.15, 0.2) is 82.8 Å². The van der Waals surface area contributed by atoms with Crippen molar-refractivity contribution in [3.8, 4) is 17.2 Å². The van der Waals surface area contributed by atoms with Gasteiger partial charge in [-0.05, 0) is 68.3 Å². The number of halogens is 1. The molecule has 7 nitrogen and oxygen atoms in total. The predicted molar refractivity (Wildman–Crippen MR) is 150 cm³/mol. The molecule has 38 heavy (non-hydrogen) atoms. The minimum absolute atomic E-state index is 0.150. The molecule has 0 spiro atoms. The number of nitrogens with zero attached hydrogens (tertiary/aromatic N) is 1. The van der Waals surface area contributed by atoms with E-state index in [1.54, 1.807) is 30.5 Å². The Hall–Kier alpha value is -4.23. The maximum atomic E-state index is 12.6. The molecule has 1 amide bonds. The molecule has 4 rings (SSSR count). The van der Waals surface area contributed by atoms with Gasteiger partial charge in [-0.2, -0.15) is 5.10 Å². The van der Waals surface area contributed by atoms with Crippen LogP contribution >= 0.6 is 11.6 Å². The van der Waals surface area contributed by atoms with Crippen LogP contribution in [-0.2, 0) is 13.0 Å². The van der Waals surface area contributed by atoms with Gasteiger partial charge in [-0.25, -0.2) is 5.43 Å². The lowest BCUT2D eigenvalue weighted by Crippen LogP contribution is -2.16. The number of amides is 1. The molecule has 0 atom stereocenters. The zero-order valence-electron chi connectivity index (χ0n) is 21.3. The zero-order valence-corrected chi connectivity index (χ0v) is 22.1. The molecule has 1 heterocycles. The molecule has 1 N–H and O–H groups in total. The third-order valence-corrected chi connectivity index (χ3v) is 5.92. The van der Waals surface area contributed by atoms with E-state index in [0.717, 1.165) is 22.1 Å². The van der Waals surface area contributed by atoms with Gasteiger partial charge in [0, 0.05) is 21.5 Å². The second-order valence-electron chi connectivity index (χ2n) is 8.26. The van der Waals surface area contributed by atoms with Crippen LogP contribution < -0.4 is 19.6 Å². The van der Waals surface area contributed by atoms with Crippen LogP contribution in [-0.4, -0.2) is 25.3 Å². The van der Waals surface area contributed by atoms with Gasteiger partial charge in [0.1, 0.15) is 17.9 Å². The van der Waals surface area contributed by atoms with Crippen LogP contribution in [0.3, 0.4) is 0 Å². The second kappa shape index (κ2) is 12.8. The van der Waals surface area contributed by atoms with Crippen molar-refractivity contribution in [1.82, 2.24) is 5.43 Å². The standard InChI is InChI=1S/C30H29ClN2O5/c1-4-9-21-14-20(15-27(36-6-3)29(21)37-19-22-10-7-8-11-25(22)31)18-32-33-30(34)28-17-23-16-24(35-5-2)12-13-26(23)38-28/h4,7-8,10-18H,1,5-6,9,19H2,2-3H3,(H,33,34)/b32-18+. The molecule has 8 heteroatoms. The number of nitrogens with one attached hydrogen (secondary N) is 1. The minimum atomic E-state index is -0.466. The lowest BCUT2D eigenvalue weighted by molar-refractivity contribution is 0.0929. The molecular weight excluding hydrogens is 504 g/mol. The third-order valence-electron chi connectivity index (χ3n) is 5.55. The fourth-order valence-electron chi connectivity index (χ4n) is 3.87. The maximum Gasteiger partial charge on any atom is 0.307 e. The number of benzene rings is 3. The summed E-state index contributed by atoms with van der Waals surface area (Å²) in [7, 11) is 0. The first-order valence-corrected chi connectivity index (χ1v) is 12.7. The Balaban J connectivity index is 1.51. The normalized spacial score (nSPS) is 11.0. The Morgan fingerprint density at radius 3 is 2.61 bits per heavy atom. The molecule has 0 unspecified atom stereocenters. The van der Waals surface area contributed by atoms with Gasteiger partial charge in [0.15, 0.2) is 17.3 Å². The number of furan rings is 1. The quantitative estimate of drug-likeness (QED) is 0.121. The molecule has 0 aliphatic carbocycles. The van der Waals surface area contributed by atoms with E-state index in [1.165, 1.54) is 0 Å². The largest absolute Gasteiger partial charge is 0.494 e. The van der Waals surface area contributed by atoms with E-state index >= 15 is 0 Å². The van der Waals surface area contributed by atoms with Crippen LogP contribution in [0.2, 0.25) is 5.02 Å². The number of hydrogen-bond acceptors (Lipinski definition) is 6. The summed E-state index contributed by atoms with van der Waals surface area (Å²) in [6.07, 6.45) is 3.88. The first kappa shape index (κ1) is 26.8. The molecule has 0 bridgehead atoms. The summed E-state index contributed by atoms with van der Waals surface area (Å²) in [5.74, 6) is 1.57. The van der Waals surface area contributed by atoms with Crippen molar-refractivity contribution in [3.63, 3.8) is 0 Å². The van der Waals surface area contributed by atoms with Gasteiger partial charge >= 0.3 is 5.91 Å².